The van der Waals surface area contributed by atoms with Crippen LogP contribution in [-0.2, 0) is 11.2 Å². The molecule has 0 N–H and O–H groups in total. The molecule has 1 atom stereocenters. The number of ether oxygens (including phenoxy) is 1. The van der Waals surface area contributed by atoms with E-state index >= 15 is 0 Å². The molecule has 1 heterocycles. The first-order chi connectivity index (χ1) is 6.68. The Morgan fingerprint density at radius 3 is 2.57 bits per heavy atom. The highest BCUT2D eigenvalue weighted by Gasteiger charge is 2.29. The van der Waals surface area contributed by atoms with Crippen LogP contribution in [0.3, 0.4) is 0 Å². The number of hydrogen-bond acceptors (Lipinski definition) is 1. The largest absolute Gasteiger partial charge is 0.375 e. The molecule has 0 saturated carbocycles. The molecule has 1 aromatic carbocycles. The third-order valence-corrected chi connectivity index (χ3v) is 3.00. The molecule has 1 unspecified atom stereocenters. The lowest BCUT2D eigenvalue weighted by molar-refractivity contribution is 0.0208. The van der Waals surface area contributed by atoms with E-state index in [4.69, 9.17) is 4.74 Å². The van der Waals surface area contributed by atoms with Crippen LogP contribution in [0, 0.1) is 6.92 Å². The van der Waals surface area contributed by atoms with Gasteiger partial charge in [0.2, 0.25) is 0 Å². The average molecular weight is 190 g/mol. The zero-order chi connectivity index (χ0) is 10.0. The van der Waals surface area contributed by atoms with Crippen molar-refractivity contribution in [3.8, 4) is 0 Å². The van der Waals surface area contributed by atoms with E-state index in [1.807, 2.05) is 0 Å². The molecule has 14 heavy (non-hydrogen) atoms. The first-order valence-electron chi connectivity index (χ1n) is 5.37. The summed E-state index contributed by atoms with van der Waals surface area (Å²) in [6, 6.07) is 8.77. The fourth-order valence-corrected chi connectivity index (χ4v) is 2.11. The van der Waals surface area contributed by atoms with Crippen molar-refractivity contribution in [1.29, 1.82) is 0 Å². The minimum Gasteiger partial charge on any atom is -0.375 e. The quantitative estimate of drug-likeness (QED) is 0.696. The van der Waals surface area contributed by atoms with Gasteiger partial charge >= 0.3 is 0 Å². The second kappa shape index (κ2) is 3.74. The van der Waals surface area contributed by atoms with Gasteiger partial charge in [-0.3, -0.25) is 0 Å². The lowest BCUT2D eigenvalue weighted by Gasteiger charge is -2.23. The molecule has 1 aromatic rings. The fraction of sp³-hybridized carbons (Fsp3) is 0.538. The van der Waals surface area contributed by atoms with Gasteiger partial charge in [0.15, 0.2) is 0 Å². The van der Waals surface area contributed by atoms with Crippen molar-refractivity contribution >= 4 is 0 Å². The van der Waals surface area contributed by atoms with Crippen LogP contribution in [-0.4, -0.2) is 12.2 Å². The highest BCUT2D eigenvalue weighted by atomic mass is 16.5. The Balaban J connectivity index is 2.06. The molecule has 0 bridgehead atoms. The molecule has 0 spiro atoms. The maximum atomic E-state index is 5.77. The SMILES string of the molecule is Cc1ccc(CC2(C)CCCO2)cc1. The summed E-state index contributed by atoms with van der Waals surface area (Å²) >= 11 is 0. The van der Waals surface area contributed by atoms with Crippen molar-refractivity contribution in [3.63, 3.8) is 0 Å². The lowest BCUT2D eigenvalue weighted by atomic mass is 9.93. The third kappa shape index (κ3) is 2.16. The van der Waals surface area contributed by atoms with E-state index in [1.165, 1.54) is 24.0 Å². The van der Waals surface area contributed by atoms with Gasteiger partial charge in [-0.05, 0) is 32.3 Å². The highest BCUT2D eigenvalue weighted by Crippen LogP contribution is 2.28. The van der Waals surface area contributed by atoms with E-state index in [0.29, 0.717) is 0 Å². The molecule has 1 saturated heterocycles. The number of benzene rings is 1. The Hall–Kier alpha value is -0.820. The zero-order valence-corrected chi connectivity index (χ0v) is 9.05. The summed E-state index contributed by atoms with van der Waals surface area (Å²) in [5.74, 6) is 0. The van der Waals surface area contributed by atoms with Gasteiger partial charge in [0.05, 0.1) is 5.60 Å². The standard InChI is InChI=1S/C13H18O/c1-11-4-6-12(7-5-11)10-13(2)8-3-9-14-13/h4-7H,3,8-10H2,1-2H3. The van der Waals surface area contributed by atoms with Crippen LogP contribution in [0.1, 0.15) is 30.9 Å². The summed E-state index contributed by atoms with van der Waals surface area (Å²) in [7, 11) is 0. The Kier molecular flexibility index (Phi) is 2.60. The lowest BCUT2D eigenvalue weighted by Crippen LogP contribution is -2.25. The van der Waals surface area contributed by atoms with Gasteiger partial charge in [0.25, 0.3) is 0 Å². The molecule has 0 aliphatic carbocycles. The van der Waals surface area contributed by atoms with Crippen LogP contribution in [0.4, 0.5) is 0 Å². The van der Waals surface area contributed by atoms with E-state index in [-0.39, 0.29) is 5.60 Å². The average Bonchev–Trinajstić information content (AvgIpc) is 2.57. The second-order valence-electron chi connectivity index (χ2n) is 4.56. The van der Waals surface area contributed by atoms with Gasteiger partial charge < -0.3 is 4.74 Å². The predicted molar refractivity (Wildman–Crippen MR) is 58.5 cm³/mol. The molecule has 1 aliphatic rings. The first-order valence-corrected chi connectivity index (χ1v) is 5.37. The fourth-order valence-electron chi connectivity index (χ4n) is 2.11. The maximum absolute atomic E-state index is 5.77. The van der Waals surface area contributed by atoms with Crippen molar-refractivity contribution in [1.82, 2.24) is 0 Å². The van der Waals surface area contributed by atoms with E-state index in [0.717, 1.165) is 13.0 Å². The number of hydrogen-bond donors (Lipinski definition) is 0. The van der Waals surface area contributed by atoms with Crippen LogP contribution < -0.4 is 0 Å². The molecule has 2 rings (SSSR count). The molecule has 1 fully saturated rings. The van der Waals surface area contributed by atoms with Crippen molar-refractivity contribution in [2.45, 2.75) is 38.7 Å². The third-order valence-electron chi connectivity index (χ3n) is 3.00. The molecule has 1 nitrogen and oxygen atoms in total. The first kappa shape index (κ1) is 9.72. The Bertz CT molecular complexity index is 294. The summed E-state index contributed by atoms with van der Waals surface area (Å²) in [4.78, 5) is 0. The van der Waals surface area contributed by atoms with Crippen LogP contribution in [0.2, 0.25) is 0 Å². The Labute approximate surface area is 86.1 Å². The van der Waals surface area contributed by atoms with Crippen molar-refractivity contribution < 1.29 is 4.74 Å². The van der Waals surface area contributed by atoms with Crippen molar-refractivity contribution in [2.24, 2.45) is 0 Å². The van der Waals surface area contributed by atoms with Crippen LogP contribution in [0.25, 0.3) is 0 Å². The summed E-state index contributed by atoms with van der Waals surface area (Å²) in [6.45, 7) is 5.28. The predicted octanol–water partition coefficient (Wildman–Crippen LogP) is 3.11. The summed E-state index contributed by atoms with van der Waals surface area (Å²) in [6.07, 6.45) is 3.45. The van der Waals surface area contributed by atoms with Gasteiger partial charge in [-0.1, -0.05) is 29.8 Å². The van der Waals surface area contributed by atoms with Crippen LogP contribution >= 0.6 is 0 Å². The highest BCUT2D eigenvalue weighted by molar-refractivity contribution is 5.22. The normalized spacial score (nSPS) is 26.7. The zero-order valence-electron chi connectivity index (χ0n) is 9.05. The topological polar surface area (TPSA) is 9.23 Å². The van der Waals surface area contributed by atoms with Crippen LogP contribution in [0.15, 0.2) is 24.3 Å². The smallest absolute Gasteiger partial charge is 0.0695 e. The van der Waals surface area contributed by atoms with E-state index in [9.17, 15) is 0 Å². The molecule has 0 radical (unpaired) electrons. The minimum atomic E-state index is 0.0925. The number of rotatable bonds is 2. The maximum Gasteiger partial charge on any atom is 0.0695 e. The van der Waals surface area contributed by atoms with E-state index < -0.39 is 0 Å². The van der Waals surface area contributed by atoms with Gasteiger partial charge in [0.1, 0.15) is 0 Å². The van der Waals surface area contributed by atoms with E-state index in [2.05, 4.69) is 38.1 Å². The van der Waals surface area contributed by atoms with Crippen molar-refractivity contribution in [3.05, 3.63) is 35.4 Å². The van der Waals surface area contributed by atoms with Gasteiger partial charge in [-0.15, -0.1) is 0 Å². The molecule has 1 aliphatic heterocycles. The molecule has 1 heteroatoms. The molecule has 0 aromatic heterocycles. The monoisotopic (exact) mass is 190 g/mol. The number of aryl methyl sites for hydroxylation is 1. The van der Waals surface area contributed by atoms with Crippen LogP contribution in [0.5, 0.6) is 0 Å². The molecule has 0 amide bonds. The molecular formula is C13H18O. The summed E-state index contributed by atoms with van der Waals surface area (Å²) in [5.41, 5.74) is 2.81. The second-order valence-corrected chi connectivity index (χ2v) is 4.56. The van der Waals surface area contributed by atoms with Gasteiger partial charge in [-0.2, -0.15) is 0 Å². The van der Waals surface area contributed by atoms with Gasteiger partial charge in [0, 0.05) is 13.0 Å². The Morgan fingerprint density at radius 2 is 2.00 bits per heavy atom. The minimum absolute atomic E-state index is 0.0925. The van der Waals surface area contributed by atoms with E-state index in [1.54, 1.807) is 0 Å². The molecular weight excluding hydrogens is 172 g/mol. The van der Waals surface area contributed by atoms with Crippen molar-refractivity contribution in [2.75, 3.05) is 6.61 Å². The summed E-state index contributed by atoms with van der Waals surface area (Å²) < 4.78 is 5.77. The summed E-state index contributed by atoms with van der Waals surface area (Å²) in [5, 5.41) is 0. The Morgan fingerprint density at radius 1 is 1.29 bits per heavy atom. The van der Waals surface area contributed by atoms with Gasteiger partial charge in [-0.25, -0.2) is 0 Å². The molecule has 76 valence electrons.